The van der Waals surface area contributed by atoms with Gasteiger partial charge in [0.25, 0.3) is 0 Å². The third kappa shape index (κ3) is 7.40. The predicted octanol–water partition coefficient (Wildman–Crippen LogP) is 5.77. The SMILES string of the molecule is FC(F)(F)Oc1ccc(CCCCCCOc2ccccc2)cc1. The van der Waals surface area contributed by atoms with E-state index in [1.807, 2.05) is 30.3 Å². The van der Waals surface area contributed by atoms with Crippen molar-refractivity contribution in [3.63, 3.8) is 0 Å². The van der Waals surface area contributed by atoms with Crippen LogP contribution in [0.25, 0.3) is 0 Å². The molecule has 0 saturated heterocycles. The zero-order valence-corrected chi connectivity index (χ0v) is 13.4. The number of ether oxygens (including phenoxy) is 2. The minimum atomic E-state index is -4.64. The fourth-order valence-electron chi connectivity index (χ4n) is 2.35. The molecule has 0 heterocycles. The number of hydrogen-bond acceptors (Lipinski definition) is 2. The van der Waals surface area contributed by atoms with E-state index in [1.165, 1.54) is 12.1 Å². The summed E-state index contributed by atoms with van der Waals surface area (Å²) in [6, 6.07) is 15.8. The van der Waals surface area contributed by atoms with Crippen molar-refractivity contribution in [2.24, 2.45) is 0 Å². The lowest BCUT2D eigenvalue weighted by molar-refractivity contribution is -0.274. The van der Waals surface area contributed by atoms with Crippen LogP contribution in [0.1, 0.15) is 31.2 Å². The van der Waals surface area contributed by atoms with Crippen LogP contribution < -0.4 is 9.47 Å². The van der Waals surface area contributed by atoms with Gasteiger partial charge in [0.2, 0.25) is 0 Å². The molecule has 0 N–H and O–H groups in total. The number of unbranched alkanes of at least 4 members (excludes halogenated alkanes) is 3. The molecule has 0 atom stereocenters. The second kappa shape index (κ2) is 9.21. The summed E-state index contributed by atoms with van der Waals surface area (Å²) in [7, 11) is 0. The van der Waals surface area contributed by atoms with E-state index in [0.29, 0.717) is 6.61 Å². The van der Waals surface area contributed by atoms with Gasteiger partial charge in [-0.15, -0.1) is 13.2 Å². The topological polar surface area (TPSA) is 18.5 Å². The van der Waals surface area contributed by atoms with Crippen molar-refractivity contribution < 1.29 is 22.6 Å². The van der Waals surface area contributed by atoms with Gasteiger partial charge in [-0.1, -0.05) is 43.2 Å². The summed E-state index contributed by atoms with van der Waals surface area (Å²) in [5.41, 5.74) is 1.02. The standard InChI is InChI=1S/C19H21F3O2/c20-19(21,22)24-18-13-11-16(12-14-18)8-4-1-2-7-15-23-17-9-5-3-6-10-17/h3,5-6,9-14H,1-2,4,7-8,15H2. The van der Waals surface area contributed by atoms with E-state index < -0.39 is 6.36 Å². The molecule has 24 heavy (non-hydrogen) atoms. The lowest BCUT2D eigenvalue weighted by Gasteiger charge is -2.09. The average Bonchev–Trinajstić information content (AvgIpc) is 2.55. The zero-order chi connectivity index (χ0) is 17.3. The first kappa shape index (κ1) is 18.2. The first-order valence-corrected chi connectivity index (χ1v) is 8.05. The van der Waals surface area contributed by atoms with E-state index in [9.17, 15) is 13.2 Å². The monoisotopic (exact) mass is 338 g/mol. The lowest BCUT2D eigenvalue weighted by atomic mass is 10.1. The first-order valence-electron chi connectivity index (χ1n) is 8.05. The van der Waals surface area contributed by atoms with Crippen molar-refractivity contribution in [1.29, 1.82) is 0 Å². The fraction of sp³-hybridized carbons (Fsp3) is 0.368. The van der Waals surface area contributed by atoms with Crippen LogP contribution in [0.5, 0.6) is 11.5 Å². The van der Waals surface area contributed by atoms with Crippen LogP contribution in [0.15, 0.2) is 54.6 Å². The normalized spacial score (nSPS) is 11.3. The maximum Gasteiger partial charge on any atom is 0.573 e. The molecule has 0 saturated carbocycles. The summed E-state index contributed by atoms with van der Waals surface area (Å²) in [4.78, 5) is 0. The highest BCUT2D eigenvalue weighted by Crippen LogP contribution is 2.23. The molecule has 0 bridgehead atoms. The van der Waals surface area contributed by atoms with Crippen molar-refractivity contribution in [2.75, 3.05) is 6.61 Å². The molecule has 0 radical (unpaired) electrons. The van der Waals surface area contributed by atoms with Gasteiger partial charge in [-0.05, 0) is 49.1 Å². The van der Waals surface area contributed by atoms with Gasteiger partial charge in [0.05, 0.1) is 6.61 Å². The summed E-state index contributed by atoms with van der Waals surface area (Å²) in [5, 5.41) is 0. The summed E-state index contributed by atoms with van der Waals surface area (Å²) < 4.78 is 45.7. The molecular formula is C19H21F3O2. The van der Waals surface area contributed by atoms with Crippen LogP contribution in [-0.4, -0.2) is 13.0 Å². The van der Waals surface area contributed by atoms with Crippen LogP contribution in [0.2, 0.25) is 0 Å². The Kier molecular flexibility index (Phi) is 6.97. The first-order chi connectivity index (χ1) is 11.5. The minimum Gasteiger partial charge on any atom is -0.494 e. The number of rotatable bonds is 9. The van der Waals surface area contributed by atoms with Gasteiger partial charge < -0.3 is 9.47 Å². The second-order valence-corrected chi connectivity index (χ2v) is 5.52. The van der Waals surface area contributed by atoms with Crippen molar-refractivity contribution >= 4 is 0 Å². The number of hydrogen-bond donors (Lipinski definition) is 0. The fourth-order valence-corrected chi connectivity index (χ4v) is 2.35. The van der Waals surface area contributed by atoms with E-state index in [4.69, 9.17) is 4.74 Å². The third-order valence-corrected chi connectivity index (χ3v) is 3.53. The van der Waals surface area contributed by atoms with Gasteiger partial charge in [-0.3, -0.25) is 0 Å². The van der Waals surface area contributed by atoms with Crippen LogP contribution in [0, 0.1) is 0 Å². The smallest absolute Gasteiger partial charge is 0.494 e. The van der Waals surface area contributed by atoms with Crippen molar-refractivity contribution in [3.05, 3.63) is 60.2 Å². The largest absolute Gasteiger partial charge is 0.573 e. The van der Waals surface area contributed by atoms with Gasteiger partial charge >= 0.3 is 6.36 Å². The molecule has 5 heteroatoms. The minimum absolute atomic E-state index is 0.177. The summed E-state index contributed by atoms with van der Waals surface area (Å²) in [5.74, 6) is 0.711. The molecular weight excluding hydrogens is 317 g/mol. The highest BCUT2D eigenvalue weighted by atomic mass is 19.4. The molecule has 2 nitrogen and oxygen atoms in total. The van der Waals surface area contributed by atoms with E-state index >= 15 is 0 Å². The molecule has 0 fully saturated rings. The molecule has 0 unspecified atom stereocenters. The Bertz CT molecular complexity index is 580. The molecule has 0 spiro atoms. The molecule has 2 rings (SSSR count). The molecule has 0 aliphatic carbocycles. The van der Waals surface area contributed by atoms with Gasteiger partial charge in [-0.25, -0.2) is 0 Å². The van der Waals surface area contributed by atoms with Crippen LogP contribution in [0.4, 0.5) is 13.2 Å². The summed E-state index contributed by atoms with van der Waals surface area (Å²) in [6.45, 7) is 0.702. The Labute approximate surface area is 140 Å². The Hall–Kier alpha value is -2.17. The van der Waals surface area contributed by atoms with E-state index in [0.717, 1.165) is 43.4 Å². The van der Waals surface area contributed by atoms with Crippen LogP contribution in [-0.2, 0) is 6.42 Å². The lowest BCUT2D eigenvalue weighted by Crippen LogP contribution is -2.17. The van der Waals surface area contributed by atoms with Gasteiger partial charge in [0, 0.05) is 0 Å². The molecule has 0 aliphatic rings. The van der Waals surface area contributed by atoms with E-state index in [1.54, 1.807) is 12.1 Å². The number of para-hydroxylation sites is 1. The molecule has 130 valence electrons. The van der Waals surface area contributed by atoms with Crippen LogP contribution in [0.3, 0.4) is 0 Å². The average molecular weight is 338 g/mol. The molecule has 0 amide bonds. The quantitative estimate of drug-likeness (QED) is 0.541. The van der Waals surface area contributed by atoms with Crippen LogP contribution >= 0.6 is 0 Å². The van der Waals surface area contributed by atoms with Crippen molar-refractivity contribution in [3.8, 4) is 11.5 Å². The van der Waals surface area contributed by atoms with E-state index in [-0.39, 0.29) is 5.75 Å². The Balaban J connectivity index is 1.56. The molecule has 0 aliphatic heterocycles. The van der Waals surface area contributed by atoms with Gasteiger partial charge in [0.1, 0.15) is 11.5 Å². The Morgan fingerprint density at radius 2 is 1.38 bits per heavy atom. The van der Waals surface area contributed by atoms with Gasteiger partial charge in [-0.2, -0.15) is 0 Å². The maximum atomic E-state index is 12.1. The highest BCUT2D eigenvalue weighted by molar-refractivity contribution is 5.27. The summed E-state index contributed by atoms with van der Waals surface area (Å²) in [6.07, 6.45) is 0.355. The zero-order valence-electron chi connectivity index (χ0n) is 13.4. The summed E-state index contributed by atoms with van der Waals surface area (Å²) >= 11 is 0. The maximum absolute atomic E-state index is 12.1. The molecule has 0 aromatic heterocycles. The third-order valence-electron chi connectivity index (χ3n) is 3.53. The number of aryl methyl sites for hydroxylation is 1. The Morgan fingerprint density at radius 3 is 2.04 bits per heavy atom. The number of halogens is 3. The molecule has 2 aromatic carbocycles. The van der Waals surface area contributed by atoms with E-state index in [2.05, 4.69) is 4.74 Å². The highest BCUT2D eigenvalue weighted by Gasteiger charge is 2.30. The second-order valence-electron chi connectivity index (χ2n) is 5.52. The van der Waals surface area contributed by atoms with Crippen molar-refractivity contribution in [2.45, 2.75) is 38.5 Å². The number of benzene rings is 2. The van der Waals surface area contributed by atoms with Crippen molar-refractivity contribution in [1.82, 2.24) is 0 Å². The molecule has 2 aromatic rings. The number of alkyl halides is 3. The van der Waals surface area contributed by atoms with Gasteiger partial charge in [0.15, 0.2) is 0 Å². The Morgan fingerprint density at radius 1 is 0.708 bits per heavy atom. The predicted molar refractivity (Wildman–Crippen MR) is 87.2 cm³/mol.